The minimum Gasteiger partial charge on any atom is -0.380 e. The highest BCUT2D eigenvalue weighted by Gasteiger charge is 2.30. The second-order valence-corrected chi connectivity index (χ2v) is 4.79. The number of amides is 1. The van der Waals surface area contributed by atoms with Crippen LogP contribution in [0.15, 0.2) is 12.1 Å². The molecule has 8 heteroatoms. The number of nitrogens with zero attached hydrogens (tertiary/aromatic N) is 2. The average molecular weight is 300 g/mol. The van der Waals surface area contributed by atoms with Crippen LogP contribution in [0.5, 0.6) is 0 Å². The molecular formula is C13H14F2N2O4. The molecule has 1 aliphatic rings. The summed E-state index contributed by atoms with van der Waals surface area (Å²) in [6.07, 6.45) is 1.27. The summed E-state index contributed by atoms with van der Waals surface area (Å²) in [5.74, 6) is -3.10. The van der Waals surface area contributed by atoms with Gasteiger partial charge in [-0.15, -0.1) is 0 Å². The first-order valence-electron chi connectivity index (χ1n) is 6.39. The topological polar surface area (TPSA) is 72.7 Å². The number of methoxy groups -OCH3 is 1. The minimum absolute atomic E-state index is 0.172. The second-order valence-electron chi connectivity index (χ2n) is 4.79. The van der Waals surface area contributed by atoms with Gasteiger partial charge in [0.2, 0.25) is 5.82 Å². The molecule has 6 nitrogen and oxygen atoms in total. The maximum atomic E-state index is 14.0. The Morgan fingerprint density at radius 2 is 2.19 bits per heavy atom. The van der Waals surface area contributed by atoms with Gasteiger partial charge in [0.15, 0.2) is 0 Å². The van der Waals surface area contributed by atoms with E-state index in [2.05, 4.69) is 0 Å². The summed E-state index contributed by atoms with van der Waals surface area (Å²) >= 11 is 0. The SMILES string of the molecule is COC1CCCN(C(=O)c2cc(F)cc([N+](=O)[O-])c2F)C1. The molecule has 0 aliphatic carbocycles. The molecule has 0 bridgehead atoms. The number of halogens is 2. The van der Waals surface area contributed by atoms with Gasteiger partial charge in [0.05, 0.1) is 22.7 Å². The van der Waals surface area contributed by atoms with Crippen LogP contribution in [0, 0.1) is 21.7 Å². The summed E-state index contributed by atoms with van der Waals surface area (Å²) in [5, 5.41) is 10.7. The Morgan fingerprint density at radius 1 is 1.48 bits per heavy atom. The van der Waals surface area contributed by atoms with Crippen molar-refractivity contribution in [3.63, 3.8) is 0 Å². The molecule has 1 fully saturated rings. The molecule has 2 rings (SSSR count). The predicted octanol–water partition coefficient (Wildman–Crippen LogP) is 2.12. The van der Waals surface area contributed by atoms with Crippen molar-refractivity contribution < 1.29 is 23.2 Å². The first kappa shape index (κ1) is 15.3. The van der Waals surface area contributed by atoms with E-state index < -0.39 is 33.7 Å². The molecule has 114 valence electrons. The number of piperidine rings is 1. The van der Waals surface area contributed by atoms with Crippen LogP contribution in [-0.2, 0) is 4.74 Å². The molecule has 1 aromatic carbocycles. The fourth-order valence-electron chi connectivity index (χ4n) is 2.35. The second kappa shape index (κ2) is 6.13. The molecule has 21 heavy (non-hydrogen) atoms. The van der Waals surface area contributed by atoms with E-state index in [1.165, 1.54) is 12.0 Å². The van der Waals surface area contributed by atoms with Crippen LogP contribution in [0.1, 0.15) is 23.2 Å². The summed E-state index contributed by atoms with van der Waals surface area (Å²) < 4.78 is 32.5. The van der Waals surface area contributed by atoms with Gasteiger partial charge in [-0.05, 0) is 18.9 Å². The van der Waals surface area contributed by atoms with E-state index >= 15 is 0 Å². The summed E-state index contributed by atoms with van der Waals surface area (Å²) in [4.78, 5) is 23.2. The fourth-order valence-corrected chi connectivity index (χ4v) is 2.35. The normalized spacial score (nSPS) is 18.6. The van der Waals surface area contributed by atoms with Crippen LogP contribution in [0.3, 0.4) is 0 Å². The van der Waals surface area contributed by atoms with Crippen molar-refractivity contribution in [2.75, 3.05) is 20.2 Å². The van der Waals surface area contributed by atoms with Gasteiger partial charge < -0.3 is 9.64 Å². The molecule has 1 amide bonds. The van der Waals surface area contributed by atoms with Crippen molar-refractivity contribution in [1.82, 2.24) is 4.90 Å². The van der Waals surface area contributed by atoms with Crippen LogP contribution < -0.4 is 0 Å². The van der Waals surface area contributed by atoms with Crippen molar-refractivity contribution in [2.45, 2.75) is 18.9 Å². The summed E-state index contributed by atoms with van der Waals surface area (Å²) in [6.45, 7) is 0.627. The van der Waals surface area contributed by atoms with Gasteiger partial charge in [0.1, 0.15) is 5.82 Å². The number of hydrogen-bond acceptors (Lipinski definition) is 4. The zero-order chi connectivity index (χ0) is 15.6. The van der Waals surface area contributed by atoms with Crippen LogP contribution in [-0.4, -0.2) is 42.0 Å². The Labute approximate surface area is 119 Å². The van der Waals surface area contributed by atoms with Crippen molar-refractivity contribution in [2.24, 2.45) is 0 Å². The number of hydrogen-bond donors (Lipinski definition) is 0. The standard InChI is InChI=1S/C13H14F2N2O4/c1-21-9-3-2-4-16(7-9)13(18)10-5-8(14)6-11(12(10)15)17(19)20/h5-6,9H,2-4,7H2,1H3. The lowest BCUT2D eigenvalue weighted by molar-refractivity contribution is -0.387. The lowest BCUT2D eigenvalue weighted by Crippen LogP contribution is -2.43. The number of nitro benzene ring substituents is 1. The van der Waals surface area contributed by atoms with Crippen molar-refractivity contribution >= 4 is 11.6 Å². The quantitative estimate of drug-likeness (QED) is 0.633. The van der Waals surface area contributed by atoms with Gasteiger partial charge in [-0.3, -0.25) is 14.9 Å². The van der Waals surface area contributed by atoms with Crippen LogP contribution in [0.4, 0.5) is 14.5 Å². The molecular weight excluding hydrogens is 286 g/mol. The highest BCUT2D eigenvalue weighted by atomic mass is 19.1. The molecule has 1 unspecified atom stereocenters. The molecule has 1 atom stereocenters. The highest BCUT2D eigenvalue weighted by Crippen LogP contribution is 2.25. The first-order valence-corrected chi connectivity index (χ1v) is 6.39. The van der Waals surface area contributed by atoms with Gasteiger partial charge in [-0.25, -0.2) is 4.39 Å². The molecule has 0 saturated carbocycles. The Bertz CT molecular complexity index is 580. The van der Waals surface area contributed by atoms with Crippen molar-refractivity contribution in [3.05, 3.63) is 39.4 Å². The Balaban J connectivity index is 2.33. The molecule has 1 aromatic rings. The van der Waals surface area contributed by atoms with Gasteiger partial charge in [0.25, 0.3) is 5.91 Å². The zero-order valence-electron chi connectivity index (χ0n) is 11.3. The summed E-state index contributed by atoms with van der Waals surface area (Å²) in [7, 11) is 1.51. The van der Waals surface area contributed by atoms with E-state index in [1.807, 2.05) is 0 Å². The zero-order valence-corrected chi connectivity index (χ0v) is 11.3. The third-order valence-electron chi connectivity index (χ3n) is 3.44. The molecule has 1 heterocycles. The van der Waals surface area contributed by atoms with Crippen LogP contribution >= 0.6 is 0 Å². The predicted molar refractivity (Wildman–Crippen MR) is 68.9 cm³/mol. The number of likely N-dealkylation sites (tertiary alicyclic amines) is 1. The molecule has 0 N–H and O–H groups in total. The summed E-state index contributed by atoms with van der Waals surface area (Å²) in [6, 6.07) is 1.14. The number of nitro groups is 1. The lowest BCUT2D eigenvalue weighted by atomic mass is 10.1. The van der Waals surface area contributed by atoms with Crippen molar-refractivity contribution in [1.29, 1.82) is 0 Å². The van der Waals surface area contributed by atoms with Gasteiger partial charge in [-0.1, -0.05) is 0 Å². The van der Waals surface area contributed by atoms with E-state index in [4.69, 9.17) is 4.74 Å². The number of benzene rings is 1. The van der Waals surface area contributed by atoms with Gasteiger partial charge in [0, 0.05) is 20.2 Å². The molecule has 1 aliphatic heterocycles. The Hall–Kier alpha value is -2.09. The Morgan fingerprint density at radius 3 is 2.81 bits per heavy atom. The number of ether oxygens (including phenoxy) is 1. The van der Waals surface area contributed by atoms with E-state index in [1.54, 1.807) is 0 Å². The molecule has 0 radical (unpaired) electrons. The third kappa shape index (κ3) is 3.15. The summed E-state index contributed by atoms with van der Waals surface area (Å²) in [5.41, 5.74) is -1.67. The first-order chi connectivity index (χ1) is 9.93. The largest absolute Gasteiger partial charge is 0.380 e. The van der Waals surface area contributed by atoms with E-state index in [0.717, 1.165) is 6.42 Å². The highest BCUT2D eigenvalue weighted by molar-refractivity contribution is 5.95. The van der Waals surface area contributed by atoms with Crippen LogP contribution in [0.2, 0.25) is 0 Å². The van der Waals surface area contributed by atoms with E-state index in [-0.39, 0.29) is 12.6 Å². The smallest absolute Gasteiger partial charge is 0.308 e. The molecule has 1 saturated heterocycles. The fraction of sp³-hybridized carbons (Fsp3) is 0.462. The monoisotopic (exact) mass is 300 g/mol. The van der Waals surface area contributed by atoms with Gasteiger partial charge >= 0.3 is 5.69 Å². The Kier molecular flexibility index (Phi) is 4.46. The average Bonchev–Trinajstić information content (AvgIpc) is 2.48. The number of carbonyl (C=O) groups is 1. The number of rotatable bonds is 3. The minimum atomic E-state index is -1.31. The van der Waals surface area contributed by atoms with E-state index in [0.29, 0.717) is 25.1 Å². The molecule has 0 spiro atoms. The van der Waals surface area contributed by atoms with Crippen LogP contribution in [0.25, 0.3) is 0 Å². The molecule has 0 aromatic heterocycles. The van der Waals surface area contributed by atoms with Gasteiger partial charge in [-0.2, -0.15) is 4.39 Å². The lowest BCUT2D eigenvalue weighted by Gasteiger charge is -2.32. The maximum absolute atomic E-state index is 14.0. The number of carbonyl (C=O) groups excluding carboxylic acids is 1. The third-order valence-corrected chi connectivity index (χ3v) is 3.44. The van der Waals surface area contributed by atoms with Crippen molar-refractivity contribution in [3.8, 4) is 0 Å². The maximum Gasteiger partial charge on any atom is 0.308 e. The van der Waals surface area contributed by atoms with E-state index in [9.17, 15) is 23.7 Å².